The predicted octanol–water partition coefficient (Wildman–Crippen LogP) is 4.56. The number of ether oxygens (including phenoxy) is 1. The normalized spacial score (nSPS) is 11.7. The summed E-state index contributed by atoms with van der Waals surface area (Å²) in [5, 5.41) is 8.03. The summed E-state index contributed by atoms with van der Waals surface area (Å²) in [6.07, 6.45) is 0. The Morgan fingerprint density at radius 3 is 2.76 bits per heavy atom. The van der Waals surface area contributed by atoms with Crippen LogP contribution in [0.2, 0.25) is 5.02 Å². The van der Waals surface area contributed by atoms with Crippen molar-refractivity contribution in [2.75, 3.05) is 0 Å². The Balaban J connectivity index is 1.90. The average Bonchev–Trinajstić information content (AvgIpc) is 2.82. The maximum Gasteiger partial charge on any atom is 0.174 e. The summed E-state index contributed by atoms with van der Waals surface area (Å²) in [6, 6.07) is 7.27. The first kappa shape index (κ1) is 16.3. The van der Waals surface area contributed by atoms with Gasteiger partial charge in [0.15, 0.2) is 5.76 Å². The zero-order valence-electron chi connectivity index (χ0n) is 12.2. The summed E-state index contributed by atoms with van der Waals surface area (Å²) >= 11 is 9.29. The maximum atomic E-state index is 5.89. The van der Waals surface area contributed by atoms with E-state index >= 15 is 0 Å². The van der Waals surface area contributed by atoms with Gasteiger partial charge in [0.05, 0.1) is 10.2 Å². The van der Waals surface area contributed by atoms with E-state index < -0.39 is 0 Å². The Hall–Kier alpha value is -1.04. The Morgan fingerprint density at radius 1 is 1.33 bits per heavy atom. The number of nitrogens with one attached hydrogen (secondary N) is 1. The molecule has 0 aliphatic rings. The van der Waals surface area contributed by atoms with Gasteiger partial charge in [-0.2, -0.15) is 0 Å². The molecule has 0 aliphatic carbocycles. The predicted molar refractivity (Wildman–Crippen MR) is 86.6 cm³/mol. The zero-order chi connectivity index (χ0) is 15.5. The molecule has 2 aromatic rings. The molecule has 2 rings (SSSR count). The lowest BCUT2D eigenvalue weighted by atomic mass is 10.1. The van der Waals surface area contributed by atoms with Gasteiger partial charge >= 0.3 is 0 Å². The van der Waals surface area contributed by atoms with Crippen molar-refractivity contribution in [2.45, 2.75) is 39.5 Å². The molecular formula is C15H18BrClN2O2. The first-order chi connectivity index (χ1) is 9.83. The standard InChI is InChI=1S/C15H18BrClN2O2/c1-15(2,3)18-8-11-7-12(21-19-11)9-20-14-5-4-10(17)6-13(14)16/h4-7,18H,8-9H2,1-3H3. The molecule has 1 aromatic carbocycles. The van der Waals surface area contributed by atoms with Crippen LogP contribution in [0.4, 0.5) is 0 Å². The van der Waals surface area contributed by atoms with Gasteiger partial charge in [-0.1, -0.05) is 16.8 Å². The minimum atomic E-state index is 0.0454. The number of nitrogens with zero attached hydrogens (tertiary/aromatic N) is 1. The largest absolute Gasteiger partial charge is 0.484 e. The molecule has 0 saturated carbocycles. The van der Waals surface area contributed by atoms with Crippen molar-refractivity contribution in [1.29, 1.82) is 0 Å². The highest BCUT2D eigenvalue weighted by Crippen LogP contribution is 2.28. The number of rotatable bonds is 5. The van der Waals surface area contributed by atoms with Crippen LogP contribution in [0.1, 0.15) is 32.2 Å². The first-order valence-corrected chi connectivity index (χ1v) is 7.78. The minimum Gasteiger partial charge on any atom is -0.484 e. The fourth-order valence-electron chi connectivity index (χ4n) is 1.60. The van der Waals surface area contributed by atoms with Crippen molar-refractivity contribution in [3.05, 3.63) is 45.2 Å². The molecule has 0 unspecified atom stereocenters. The van der Waals surface area contributed by atoms with Crippen molar-refractivity contribution < 1.29 is 9.26 Å². The van der Waals surface area contributed by atoms with Crippen molar-refractivity contribution in [1.82, 2.24) is 10.5 Å². The molecule has 1 heterocycles. The fourth-order valence-corrected chi connectivity index (χ4v) is 2.40. The van der Waals surface area contributed by atoms with E-state index in [2.05, 4.69) is 47.2 Å². The highest BCUT2D eigenvalue weighted by molar-refractivity contribution is 9.10. The number of hydrogen-bond acceptors (Lipinski definition) is 4. The molecule has 4 nitrogen and oxygen atoms in total. The van der Waals surface area contributed by atoms with E-state index in [-0.39, 0.29) is 5.54 Å². The van der Waals surface area contributed by atoms with Gasteiger partial charge < -0.3 is 14.6 Å². The van der Waals surface area contributed by atoms with E-state index in [1.165, 1.54) is 0 Å². The molecule has 0 atom stereocenters. The zero-order valence-corrected chi connectivity index (χ0v) is 14.6. The Labute approximate surface area is 137 Å². The van der Waals surface area contributed by atoms with Gasteiger partial charge in [-0.3, -0.25) is 0 Å². The van der Waals surface area contributed by atoms with Crippen molar-refractivity contribution >= 4 is 27.5 Å². The summed E-state index contributed by atoms with van der Waals surface area (Å²) in [6.45, 7) is 7.31. The molecule has 6 heteroatoms. The van der Waals surface area contributed by atoms with E-state index in [4.69, 9.17) is 20.9 Å². The third kappa shape index (κ3) is 5.34. The number of hydrogen-bond donors (Lipinski definition) is 1. The Bertz CT molecular complexity index is 608. The molecule has 0 fully saturated rings. The third-order valence-electron chi connectivity index (χ3n) is 2.67. The van der Waals surface area contributed by atoms with Crippen LogP contribution in [0.3, 0.4) is 0 Å². The molecule has 0 saturated heterocycles. The SMILES string of the molecule is CC(C)(C)NCc1cc(COc2ccc(Cl)cc2Br)on1. The summed E-state index contributed by atoms with van der Waals surface area (Å²) in [5.74, 6) is 1.40. The summed E-state index contributed by atoms with van der Waals surface area (Å²) in [4.78, 5) is 0. The molecule has 114 valence electrons. The number of benzene rings is 1. The molecule has 0 radical (unpaired) electrons. The van der Waals surface area contributed by atoms with Gasteiger partial charge in [-0.15, -0.1) is 0 Å². The topological polar surface area (TPSA) is 47.3 Å². The number of halogens is 2. The van der Waals surface area contributed by atoms with E-state index in [9.17, 15) is 0 Å². The quantitative estimate of drug-likeness (QED) is 0.835. The van der Waals surface area contributed by atoms with E-state index in [0.717, 1.165) is 10.2 Å². The average molecular weight is 374 g/mol. The van der Waals surface area contributed by atoms with Crippen LogP contribution < -0.4 is 10.1 Å². The smallest absolute Gasteiger partial charge is 0.174 e. The van der Waals surface area contributed by atoms with Gasteiger partial charge in [0.25, 0.3) is 0 Å². The monoisotopic (exact) mass is 372 g/mol. The second-order valence-corrected chi connectivity index (χ2v) is 7.04. The van der Waals surface area contributed by atoms with E-state index in [1.807, 2.05) is 12.1 Å². The third-order valence-corrected chi connectivity index (χ3v) is 3.53. The van der Waals surface area contributed by atoms with Crippen molar-refractivity contribution in [2.24, 2.45) is 0 Å². The summed E-state index contributed by atoms with van der Waals surface area (Å²) in [7, 11) is 0. The van der Waals surface area contributed by atoms with Crippen LogP contribution in [-0.2, 0) is 13.2 Å². The highest BCUT2D eigenvalue weighted by Gasteiger charge is 2.11. The molecular weight excluding hydrogens is 356 g/mol. The number of aromatic nitrogens is 1. The van der Waals surface area contributed by atoms with Gasteiger partial charge in [0, 0.05) is 23.2 Å². The van der Waals surface area contributed by atoms with Crippen LogP contribution in [-0.4, -0.2) is 10.7 Å². The fraction of sp³-hybridized carbons (Fsp3) is 0.400. The molecule has 0 aliphatic heterocycles. The van der Waals surface area contributed by atoms with Crippen molar-refractivity contribution in [3.8, 4) is 5.75 Å². The van der Waals surface area contributed by atoms with Crippen LogP contribution in [0, 0.1) is 0 Å². The van der Waals surface area contributed by atoms with E-state index in [1.54, 1.807) is 12.1 Å². The lowest BCUT2D eigenvalue weighted by Gasteiger charge is -2.19. The van der Waals surface area contributed by atoms with Gasteiger partial charge in [-0.25, -0.2) is 0 Å². The Kier molecular flexibility index (Phi) is 5.30. The minimum absolute atomic E-state index is 0.0454. The molecule has 21 heavy (non-hydrogen) atoms. The van der Waals surface area contributed by atoms with Gasteiger partial charge in [0.2, 0.25) is 0 Å². The summed E-state index contributed by atoms with van der Waals surface area (Å²) < 4.78 is 11.7. The Morgan fingerprint density at radius 2 is 2.10 bits per heavy atom. The van der Waals surface area contributed by atoms with E-state index in [0.29, 0.717) is 29.7 Å². The second kappa shape index (κ2) is 6.81. The van der Waals surface area contributed by atoms with Crippen molar-refractivity contribution in [3.63, 3.8) is 0 Å². The molecule has 0 bridgehead atoms. The molecule has 0 amide bonds. The molecule has 1 N–H and O–H groups in total. The van der Waals surface area contributed by atoms with Crippen LogP contribution in [0.5, 0.6) is 5.75 Å². The van der Waals surface area contributed by atoms with Crippen LogP contribution >= 0.6 is 27.5 Å². The second-order valence-electron chi connectivity index (χ2n) is 5.75. The van der Waals surface area contributed by atoms with Gasteiger partial charge in [-0.05, 0) is 54.9 Å². The van der Waals surface area contributed by atoms with Crippen LogP contribution in [0.25, 0.3) is 0 Å². The summed E-state index contributed by atoms with van der Waals surface area (Å²) in [5.41, 5.74) is 0.905. The lowest BCUT2D eigenvalue weighted by Crippen LogP contribution is -2.35. The highest BCUT2D eigenvalue weighted by atomic mass is 79.9. The lowest BCUT2D eigenvalue weighted by molar-refractivity contribution is 0.247. The van der Waals surface area contributed by atoms with Crippen LogP contribution in [0.15, 0.2) is 33.3 Å². The van der Waals surface area contributed by atoms with Gasteiger partial charge in [0.1, 0.15) is 12.4 Å². The first-order valence-electron chi connectivity index (χ1n) is 6.61. The molecule has 1 aromatic heterocycles. The maximum absolute atomic E-state index is 5.89. The molecule has 0 spiro atoms.